The quantitative estimate of drug-likeness (QED) is 0.401. The second kappa shape index (κ2) is 10.8. The molecule has 1 aromatic carbocycles. The zero-order chi connectivity index (χ0) is 27.6. The smallest absolute Gasteiger partial charge is 0.475 e. The van der Waals surface area contributed by atoms with Crippen LogP contribution in [0.3, 0.4) is 0 Å². The molecule has 204 valence electrons. The van der Waals surface area contributed by atoms with Crippen LogP contribution in [0.5, 0.6) is 0 Å². The number of alkyl halides is 3. The van der Waals surface area contributed by atoms with Crippen molar-refractivity contribution >= 4 is 40.1 Å². The number of aryl methyl sites for hydroxylation is 2. The predicted octanol–water partition coefficient (Wildman–Crippen LogP) is 2.28. The lowest BCUT2D eigenvalue weighted by Crippen LogP contribution is -2.52. The molecule has 1 atom stereocenters. The average Bonchev–Trinajstić information content (AvgIpc) is 3.46. The van der Waals surface area contributed by atoms with E-state index in [4.69, 9.17) is 9.90 Å². The van der Waals surface area contributed by atoms with Crippen LogP contribution < -0.4 is 20.4 Å². The Balaban J connectivity index is 0.000000426. The minimum Gasteiger partial charge on any atom is -0.475 e. The van der Waals surface area contributed by atoms with E-state index in [1.165, 1.54) is 0 Å². The summed E-state index contributed by atoms with van der Waals surface area (Å²) in [6, 6.07) is 5.85. The molecule has 0 spiro atoms. The molecule has 0 bridgehead atoms. The first kappa shape index (κ1) is 27.1. The third-order valence-corrected chi connectivity index (χ3v) is 6.36. The molecule has 2 aliphatic rings. The number of aliphatic carboxylic acids is 1. The number of fused-ring (bicyclic) bond motifs is 2. The number of pyridine rings is 1. The van der Waals surface area contributed by atoms with Gasteiger partial charge in [0.05, 0.1) is 12.1 Å². The van der Waals surface area contributed by atoms with Crippen LogP contribution in [0, 0.1) is 6.92 Å². The molecule has 4 N–H and O–H groups in total. The zero-order valence-electron chi connectivity index (χ0n) is 20.8. The topological polar surface area (TPSA) is 136 Å². The van der Waals surface area contributed by atoms with Gasteiger partial charge in [-0.05, 0) is 37.1 Å². The predicted molar refractivity (Wildman–Crippen MR) is 135 cm³/mol. The molecule has 0 aliphatic carbocycles. The van der Waals surface area contributed by atoms with E-state index in [1.54, 1.807) is 15.8 Å². The zero-order valence-corrected chi connectivity index (χ0v) is 20.8. The molecule has 0 saturated carbocycles. The van der Waals surface area contributed by atoms with Crippen LogP contribution in [0.4, 0.5) is 35.2 Å². The van der Waals surface area contributed by atoms with E-state index >= 15 is 0 Å². The van der Waals surface area contributed by atoms with Gasteiger partial charge < -0.3 is 25.7 Å². The molecule has 4 heterocycles. The summed E-state index contributed by atoms with van der Waals surface area (Å²) in [6.45, 7) is 5.10. The van der Waals surface area contributed by atoms with Crippen LogP contribution in [0.15, 0.2) is 30.6 Å². The number of aromatic nitrogens is 3. The van der Waals surface area contributed by atoms with Crippen molar-refractivity contribution in [3.63, 3.8) is 0 Å². The largest absolute Gasteiger partial charge is 0.490 e. The van der Waals surface area contributed by atoms with Crippen molar-refractivity contribution in [3.05, 3.63) is 41.7 Å². The van der Waals surface area contributed by atoms with Gasteiger partial charge in [-0.25, -0.2) is 14.6 Å². The molecule has 2 aromatic heterocycles. The lowest BCUT2D eigenvalue weighted by atomic mass is 10.1. The number of rotatable bonds is 3. The van der Waals surface area contributed by atoms with Crippen molar-refractivity contribution in [2.45, 2.75) is 25.6 Å². The third-order valence-electron chi connectivity index (χ3n) is 6.36. The number of amides is 2. The molecule has 0 radical (unpaired) electrons. The highest BCUT2D eigenvalue weighted by Gasteiger charge is 2.38. The number of aliphatic hydroxyl groups excluding tert-OH is 1. The number of carboxylic acid groups (broad SMARTS) is 1. The number of nitrogens with one attached hydrogen (secondary N) is 2. The number of benzene rings is 1. The normalized spacial score (nSPS) is 17.2. The van der Waals surface area contributed by atoms with Crippen LogP contribution in [-0.4, -0.2) is 82.0 Å². The van der Waals surface area contributed by atoms with Gasteiger partial charge >= 0.3 is 18.2 Å². The summed E-state index contributed by atoms with van der Waals surface area (Å²) in [6.07, 6.45) is -0.612. The van der Waals surface area contributed by atoms with E-state index in [2.05, 4.69) is 25.6 Å². The molecule has 38 heavy (non-hydrogen) atoms. The van der Waals surface area contributed by atoms with Gasteiger partial charge in [0.2, 0.25) is 0 Å². The molecule has 0 unspecified atom stereocenters. The Labute approximate surface area is 215 Å². The minimum absolute atomic E-state index is 0.0590. The lowest BCUT2D eigenvalue weighted by Gasteiger charge is -2.35. The van der Waals surface area contributed by atoms with E-state index in [9.17, 15) is 23.1 Å². The highest BCUT2D eigenvalue weighted by atomic mass is 19.4. The molecule has 5 rings (SSSR count). The van der Waals surface area contributed by atoms with Gasteiger partial charge in [-0.3, -0.25) is 9.58 Å². The Hall–Kier alpha value is -3.91. The van der Waals surface area contributed by atoms with Crippen LogP contribution in [0.2, 0.25) is 0 Å². The molecule has 3 aromatic rings. The number of nitrogens with zero attached hydrogens (tertiary/aromatic N) is 5. The van der Waals surface area contributed by atoms with Crippen molar-refractivity contribution in [2.24, 2.45) is 7.05 Å². The van der Waals surface area contributed by atoms with Gasteiger partial charge in [-0.15, -0.1) is 0 Å². The number of halogens is 3. The summed E-state index contributed by atoms with van der Waals surface area (Å²) in [5.41, 5.74) is 4.86. The van der Waals surface area contributed by atoms with E-state index in [0.717, 1.165) is 59.5 Å². The minimum atomic E-state index is -5.08. The fourth-order valence-electron chi connectivity index (χ4n) is 4.55. The van der Waals surface area contributed by atoms with E-state index < -0.39 is 12.1 Å². The molecule has 2 amide bonds. The highest BCUT2D eigenvalue weighted by Crippen LogP contribution is 2.35. The Morgan fingerprint density at radius 3 is 2.68 bits per heavy atom. The number of aliphatic hydroxyl groups is 1. The number of piperazine rings is 1. The summed E-state index contributed by atoms with van der Waals surface area (Å²) in [5.74, 6) is -2.04. The van der Waals surface area contributed by atoms with Gasteiger partial charge in [0, 0.05) is 74.0 Å². The van der Waals surface area contributed by atoms with Gasteiger partial charge in [0.25, 0.3) is 0 Å². The summed E-state index contributed by atoms with van der Waals surface area (Å²) in [7, 11) is 1.89. The Kier molecular flexibility index (Phi) is 7.73. The van der Waals surface area contributed by atoms with E-state index in [-0.39, 0.29) is 18.7 Å². The number of urea groups is 1. The molecular formula is C24H28F3N7O4. The summed E-state index contributed by atoms with van der Waals surface area (Å²) < 4.78 is 33.5. The number of anilines is 3. The summed E-state index contributed by atoms with van der Waals surface area (Å²) in [4.78, 5) is 30.6. The highest BCUT2D eigenvalue weighted by molar-refractivity contribution is 6.04. The number of hydrogen-bond acceptors (Lipinski definition) is 7. The monoisotopic (exact) mass is 535 g/mol. The van der Waals surface area contributed by atoms with E-state index in [0.29, 0.717) is 12.4 Å². The molecular weight excluding hydrogens is 507 g/mol. The number of carbonyl (C=O) groups excluding carboxylic acids is 1. The molecule has 1 fully saturated rings. The Bertz CT molecular complexity index is 1340. The molecule has 11 nitrogen and oxygen atoms in total. The Morgan fingerprint density at radius 2 is 2.00 bits per heavy atom. The first-order chi connectivity index (χ1) is 18.0. The summed E-state index contributed by atoms with van der Waals surface area (Å²) >= 11 is 0. The van der Waals surface area contributed by atoms with Gasteiger partial charge in [-0.2, -0.15) is 18.3 Å². The summed E-state index contributed by atoms with van der Waals surface area (Å²) in [5, 5.41) is 28.5. The second-order valence-corrected chi connectivity index (χ2v) is 9.08. The lowest BCUT2D eigenvalue weighted by molar-refractivity contribution is -0.192. The van der Waals surface area contributed by atoms with E-state index in [1.807, 2.05) is 38.4 Å². The fraction of sp³-hybridized carbons (Fsp3) is 0.417. The Morgan fingerprint density at radius 1 is 1.26 bits per heavy atom. The maximum atomic E-state index is 13.2. The number of hydrogen-bond donors (Lipinski definition) is 4. The van der Waals surface area contributed by atoms with Gasteiger partial charge in [0.15, 0.2) is 0 Å². The molecule has 1 saturated heterocycles. The fourth-order valence-corrected chi connectivity index (χ4v) is 4.55. The van der Waals surface area contributed by atoms with Crippen molar-refractivity contribution < 1.29 is 33.0 Å². The first-order valence-electron chi connectivity index (χ1n) is 11.9. The van der Waals surface area contributed by atoms with Crippen molar-refractivity contribution in [1.82, 2.24) is 20.1 Å². The van der Waals surface area contributed by atoms with Crippen LogP contribution in [0.1, 0.15) is 11.1 Å². The van der Waals surface area contributed by atoms with Crippen LogP contribution in [0.25, 0.3) is 10.9 Å². The molecule has 14 heteroatoms. The standard InChI is InChI=1S/C22H27N7O2.C2HF3O2/c1-14-9-19-15(11-27(2)26-19)10-18(14)25-22(31)29-7-4-17-20(3-5-24-21(17)29)28-8-6-23-16(12-28)13-30;3-2(4,5)1(6)7/h3,5,9-11,16,23,30H,4,6-8,12-13H2,1-2H3,(H,25,31);(H,6,7)/t16-;/m1./s1. The SMILES string of the molecule is Cc1cc2nn(C)cc2cc1NC(=O)N1CCc2c(N3CCN[C@@H](CO)C3)ccnc21.O=C(O)C(F)(F)F. The third kappa shape index (κ3) is 5.81. The van der Waals surface area contributed by atoms with Crippen molar-refractivity contribution in [3.8, 4) is 0 Å². The van der Waals surface area contributed by atoms with Crippen molar-refractivity contribution in [1.29, 1.82) is 0 Å². The van der Waals surface area contributed by atoms with Gasteiger partial charge in [-0.1, -0.05) is 0 Å². The van der Waals surface area contributed by atoms with Crippen molar-refractivity contribution in [2.75, 3.05) is 47.9 Å². The number of carboxylic acids is 1. The van der Waals surface area contributed by atoms with Crippen LogP contribution in [-0.2, 0) is 18.3 Å². The first-order valence-corrected chi connectivity index (χ1v) is 11.9. The maximum Gasteiger partial charge on any atom is 0.490 e. The number of carbonyl (C=O) groups is 2. The van der Waals surface area contributed by atoms with Crippen LogP contribution >= 0.6 is 0 Å². The second-order valence-electron chi connectivity index (χ2n) is 9.08. The van der Waals surface area contributed by atoms with Gasteiger partial charge in [0.1, 0.15) is 5.82 Å². The molecule has 2 aliphatic heterocycles. The maximum absolute atomic E-state index is 13.2. The average molecular weight is 536 g/mol.